The number of aromatic nitrogens is 1. The maximum atomic E-state index is 12.4. The van der Waals surface area contributed by atoms with Gasteiger partial charge in [-0.05, 0) is 55.6 Å². The molecule has 0 radical (unpaired) electrons. The molecule has 190 valence electrons. The minimum atomic E-state index is -0.582. The van der Waals surface area contributed by atoms with E-state index in [0.29, 0.717) is 44.5 Å². The van der Waals surface area contributed by atoms with Crippen molar-refractivity contribution < 1.29 is 19.4 Å². The highest BCUT2D eigenvalue weighted by Crippen LogP contribution is 2.30. The Labute approximate surface area is 212 Å². The fraction of sp³-hybridized carbons (Fsp3) is 0.414. The molecule has 1 unspecified atom stereocenters. The molecule has 2 fully saturated rings. The van der Waals surface area contributed by atoms with Crippen molar-refractivity contribution in [3.05, 3.63) is 71.9 Å². The van der Waals surface area contributed by atoms with Crippen LogP contribution in [0.5, 0.6) is 5.75 Å². The topological polar surface area (TPSA) is 78.0 Å². The zero-order valence-electron chi connectivity index (χ0n) is 20.6. The van der Waals surface area contributed by atoms with Gasteiger partial charge in [-0.2, -0.15) is 0 Å². The van der Waals surface area contributed by atoms with Crippen LogP contribution in [0.4, 0.5) is 0 Å². The first-order chi connectivity index (χ1) is 17.7. The largest absolute Gasteiger partial charge is 0.490 e. The molecule has 2 N–H and O–H groups in total. The Hall–Kier alpha value is -3.13. The Morgan fingerprint density at radius 2 is 1.83 bits per heavy atom. The van der Waals surface area contributed by atoms with Gasteiger partial charge in [-0.3, -0.25) is 4.79 Å². The second-order valence-corrected chi connectivity index (χ2v) is 9.66. The van der Waals surface area contributed by atoms with Gasteiger partial charge in [0, 0.05) is 48.4 Å². The molecule has 0 aliphatic carbocycles. The summed E-state index contributed by atoms with van der Waals surface area (Å²) in [4.78, 5) is 20.1. The maximum absolute atomic E-state index is 12.4. The Bertz CT molecular complexity index is 1140. The van der Waals surface area contributed by atoms with Crippen LogP contribution in [0.1, 0.15) is 30.0 Å². The van der Waals surface area contributed by atoms with Gasteiger partial charge in [0.05, 0.1) is 13.2 Å². The molecule has 3 heterocycles. The van der Waals surface area contributed by atoms with Crippen LogP contribution in [0.25, 0.3) is 17.0 Å². The number of β-amino-alcohol motifs (C(OH)–C–C–N with tert-alkyl or cyclic N) is 1. The van der Waals surface area contributed by atoms with Crippen molar-refractivity contribution in [3.63, 3.8) is 0 Å². The van der Waals surface area contributed by atoms with Crippen LogP contribution in [0.2, 0.25) is 0 Å². The van der Waals surface area contributed by atoms with E-state index in [1.807, 2.05) is 24.3 Å². The average Bonchev–Trinajstić information content (AvgIpc) is 3.36. The third-order valence-corrected chi connectivity index (χ3v) is 7.13. The van der Waals surface area contributed by atoms with Crippen molar-refractivity contribution in [2.24, 2.45) is 0 Å². The summed E-state index contributed by atoms with van der Waals surface area (Å²) >= 11 is 0. The molecule has 2 saturated heterocycles. The molecule has 2 aromatic carbocycles. The monoisotopic (exact) mass is 489 g/mol. The standard InChI is InChI=1S/C29H35N3O4/c33-25(20-31-13-11-22(12-14-31)27-19-24-6-1-3-7-26(24)30-27)21-36-28-8-4-2-5-23(28)9-10-29(34)32-15-17-35-18-16-32/h1-10,19,22,25,30,33H,11-18,20-21H2. The molecular weight excluding hydrogens is 454 g/mol. The lowest BCUT2D eigenvalue weighted by atomic mass is 9.93. The summed E-state index contributed by atoms with van der Waals surface area (Å²) in [7, 11) is 0. The van der Waals surface area contributed by atoms with Crippen molar-refractivity contribution in [2.75, 3.05) is 52.5 Å². The number of morpholine rings is 1. The number of carbonyl (C=O) groups is 1. The van der Waals surface area contributed by atoms with Gasteiger partial charge in [0.2, 0.25) is 5.91 Å². The molecule has 3 aromatic rings. The third-order valence-electron chi connectivity index (χ3n) is 7.13. The van der Waals surface area contributed by atoms with E-state index in [4.69, 9.17) is 9.47 Å². The summed E-state index contributed by atoms with van der Waals surface area (Å²) in [6.07, 6.45) is 4.94. The first-order valence-electron chi connectivity index (χ1n) is 12.9. The summed E-state index contributed by atoms with van der Waals surface area (Å²) in [5.74, 6) is 1.17. The second kappa shape index (κ2) is 11.7. The minimum Gasteiger partial charge on any atom is -0.490 e. The molecule has 36 heavy (non-hydrogen) atoms. The number of nitrogens with zero attached hydrogens (tertiary/aromatic N) is 2. The lowest BCUT2D eigenvalue weighted by Gasteiger charge is -2.32. The van der Waals surface area contributed by atoms with Gasteiger partial charge in [-0.15, -0.1) is 0 Å². The van der Waals surface area contributed by atoms with E-state index < -0.39 is 6.10 Å². The zero-order valence-corrected chi connectivity index (χ0v) is 20.6. The molecule has 7 heteroatoms. The van der Waals surface area contributed by atoms with Crippen molar-refractivity contribution in [1.29, 1.82) is 0 Å². The number of aliphatic hydroxyl groups is 1. The number of aliphatic hydroxyl groups excluding tert-OH is 1. The average molecular weight is 490 g/mol. The summed E-state index contributed by atoms with van der Waals surface area (Å²) in [6, 6.07) is 18.3. The van der Waals surface area contributed by atoms with Gasteiger partial charge in [-0.1, -0.05) is 36.4 Å². The molecular formula is C29H35N3O4. The number of hydrogen-bond donors (Lipinski definition) is 2. The van der Waals surface area contributed by atoms with E-state index in [1.165, 1.54) is 16.6 Å². The Balaban J connectivity index is 1.09. The van der Waals surface area contributed by atoms with E-state index in [0.717, 1.165) is 31.5 Å². The molecule has 5 rings (SSSR count). The van der Waals surface area contributed by atoms with Crippen LogP contribution in [0.15, 0.2) is 60.7 Å². The van der Waals surface area contributed by atoms with Crippen LogP contribution in [-0.4, -0.2) is 84.4 Å². The van der Waals surface area contributed by atoms with E-state index in [1.54, 1.807) is 17.1 Å². The summed E-state index contributed by atoms with van der Waals surface area (Å²) in [5.41, 5.74) is 3.34. The zero-order chi connectivity index (χ0) is 24.7. The number of para-hydroxylation sites is 2. The van der Waals surface area contributed by atoms with Gasteiger partial charge >= 0.3 is 0 Å². The van der Waals surface area contributed by atoms with Crippen molar-refractivity contribution in [1.82, 2.24) is 14.8 Å². The lowest BCUT2D eigenvalue weighted by Crippen LogP contribution is -2.40. The Morgan fingerprint density at radius 3 is 2.64 bits per heavy atom. The number of H-pyrrole nitrogens is 1. The van der Waals surface area contributed by atoms with Gasteiger partial charge < -0.3 is 29.4 Å². The van der Waals surface area contributed by atoms with Crippen molar-refractivity contribution >= 4 is 22.9 Å². The highest BCUT2D eigenvalue weighted by atomic mass is 16.5. The molecule has 2 aliphatic heterocycles. The van der Waals surface area contributed by atoms with Gasteiger partial charge in [0.25, 0.3) is 0 Å². The second-order valence-electron chi connectivity index (χ2n) is 9.66. The highest BCUT2D eigenvalue weighted by Gasteiger charge is 2.23. The van der Waals surface area contributed by atoms with Gasteiger partial charge in [-0.25, -0.2) is 0 Å². The van der Waals surface area contributed by atoms with Crippen LogP contribution in [0, 0.1) is 0 Å². The van der Waals surface area contributed by atoms with Gasteiger partial charge in [0.1, 0.15) is 18.5 Å². The van der Waals surface area contributed by atoms with Crippen LogP contribution >= 0.6 is 0 Å². The molecule has 2 aliphatic rings. The summed E-state index contributed by atoms with van der Waals surface area (Å²) in [5, 5.41) is 11.9. The number of hydrogen-bond acceptors (Lipinski definition) is 5. The number of likely N-dealkylation sites (tertiary alicyclic amines) is 1. The molecule has 0 saturated carbocycles. The number of amides is 1. The van der Waals surface area contributed by atoms with Crippen LogP contribution < -0.4 is 4.74 Å². The van der Waals surface area contributed by atoms with E-state index in [-0.39, 0.29) is 12.5 Å². The molecule has 0 bridgehead atoms. The third kappa shape index (κ3) is 6.16. The number of piperidine rings is 1. The molecule has 1 aromatic heterocycles. The molecule has 1 atom stereocenters. The SMILES string of the molecule is O=C(C=Cc1ccccc1OCC(O)CN1CCC(c2cc3ccccc3[nH]2)CC1)N1CCOCC1. The predicted molar refractivity (Wildman–Crippen MR) is 141 cm³/mol. The Kier molecular flexibility index (Phi) is 8.01. The number of fused-ring (bicyclic) bond motifs is 1. The number of ether oxygens (including phenoxy) is 2. The number of aromatic amines is 1. The van der Waals surface area contributed by atoms with E-state index >= 15 is 0 Å². The quantitative estimate of drug-likeness (QED) is 0.472. The number of carbonyl (C=O) groups excluding carboxylic acids is 1. The van der Waals surface area contributed by atoms with Crippen LogP contribution in [0.3, 0.4) is 0 Å². The fourth-order valence-electron chi connectivity index (χ4n) is 5.08. The first kappa shape index (κ1) is 24.6. The first-order valence-corrected chi connectivity index (χ1v) is 12.9. The summed E-state index contributed by atoms with van der Waals surface area (Å²) < 4.78 is 11.3. The number of nitrogens with one attached hydrogen (secondary N) is 1. The van der Waals surface area contributed by atoms with E-state index in [2.05, 4.69) is 40.2 Å². The van der Waals surface area contributed by atoms with Crippen LogP contribution in [-0.2, 0) is 9.53 Å². The normalized spacial score (nSPS) is 18.6. The minimum absolute atomic E-state index is 0.0241. The summed E-state index contributed by atoms with van der Waals surface area (Å²) in [6.45, 7) is 5.12. The molecule has 0 spiro atoms. The maximum Gasteiger partial charge on any atom is 0.246 e. The number of rotatable bonds is 8. The lowest BCUT2D eigenvalue weighted by molar-refractivity contribution is -0.129. The smallest absolute Gasteiger partial charge is 0.246 e. The van der Waals surface area contributed by atoms with E-state index in [9.17, 15) is 9.90 Å². The molecule has 7 nitrogen and oxygen atoms in total. The molecule has 1 amide bonds. The highest BCUT2D eigenvalue weighted by molar-refractivity contribution is 5.92. The van der Waals surface area contributed by atoms with Crippen molar-refractivity contribution in [3.8, 4) is 5.75 Å². The Morgan fingerprint density at radius 1 is 1.08 bits per heavy atom. The van der Waals surface area contributed by atoms with Crippen molar-refractivity contribution in [2.45, 2.75) is 24.9 Å². The predicted octanol–water partition coefficient (Wildman–Crippen LogP) is 3.66. The number of benzene rings is 2. The fourth-order valence-corrected chi connectivity index (χ4v) is 5.08. The van der Waals surface area contributed by atoms with Gasteiger partial charge in [0.15, 0.2) is 0 Å².